The molecule has 0 aliphatic carbocycles. The Kier molecular flexibility index (Phi) is 16.4. The molecule has 2 aromatic carbocycles. The van der Waals surface area contributed by atoms with Crippen molar-refractivity contribution in [1.82, 2.24) is 20.5 Å². The molecule has 3 aromatic rings. The molecule has 1 saturated heterocycles. The molecular formula is C42H56N4O8S. The SMILES string of the molecule is CC[C@H](C)[C@H](CC(=O)C1CCCCN1C)C(=O)N[C@H](C[C@@H](OC(C)=O)c1nc(C(=O)N[C@@H](Cc2ccccc2)C[C@H](C)C(=O)O)cs1)c1ccc(OC)cc1. The van der Waals surface area contributed by atoms with Crippen molar-refractivity contribution < 1.29 is 38.6 Å². The van der Waals surface area contributed by atoms with Crippen molar-refractivity contribution in [1.29, 1.82) is 0 Å². The van der Waals surface area contributed by atoms with Gasteiger partial charge < -0.3 is 25.2 Å². The Hall–Kier alpha value is -4.62. The van der Waals surface area contributed by atoms with Crippen LogP contribution in [0.3, 0.4) is 0 Å². The molecule has 1 unspecified atom stereocenters. The van der Waals surface area contributed by atoms with E-state index in [0.717, 1.165) is 48.3 Å². The Bertz CT molecular complexity index is 1730. The number of carbonyl (C=O) groups is 5. The van der Waals surface area contributed by atoms with Crippen LogP contribution < -0.4 is 15.4 Å². The third kappa shape index (κ3) is 12.7. The number of ketones is 1. The summed E-state index contributed by atoms with van der Waals surface area (Å²) in [6.45, 7) is 7.74. The van der Waals surface area contributed by atoms with Crippen molar-refractivity contribution in [3.05, 3.63) is 81.8 Å². The number of hydrogen-bond donors (Lipinski definition) is 3. The molecule has 0 radical (unpaired) electrons. The minimum atomic E-state index is -0.954. The van der Waals surface area contributed by atoms with E-state index in [9.17, 15) is 29.1 Å². The third-order valence-electron chi connectivity index (χ3n) is 10.6. The Balaban J connectivity index is 1.59. The number of rotatable bonds is 20. The van der Waals surface area contributed by atoms with Crippen molar-refractivity contribution in [2.24, 2.45) is 17.8 Å². The molecule has 298 valence electrons. The second-order valence-corrected chi connectivity index (χ2v) is 15.6. The fourth-order valence-corrected chi connectivity index (χ4v) is 7.94. The number of aliphatic carboxylic acids is 1. The molecule has 1 aliphatic rings. The highest BCUT2D eigenvalue weighted by molar-refractivity contribution is 7.09. The second-order valence-electron chi connectivity index (χ2n) is 14.7. The molecular weight excluding hydrogens is 721 g/mol. The standard InChI is InChI=1S/C42H56N4O8S/c1-7-26(2)33(23-37(48)36-15-11-12-20-46(36)5)39(49)44-34(30-16-18-32(53-6)19-17-30)24-38(54-28(4)47)41-45-35(25-55-41)40(50)43-31(21-27(3)42(51)52)22-29-13-9-8-10-14-29/h8-10,13-14,16-19,25-27,31,33-34,36,38H,7,11-12,15,20-24H2,1-6H3,(H,43,50)(H,44,49)(H,51,52)/t26-,27-,31+,33-,34+,36?,38+/m0/s1. The molecule has 2 amide bonds. The Morgan fingerprint density at radius 1 is 1.00 bits per heavy atom. The van der Waals surface area contributed by atoms with Crippen LogP contribution in [0.4, 0.5) is 0 Å². The van der Waals surface area contributed by atoms with E-state index in [1.165, 1.54) is 6.92 Å². The predicted octanol–water partition coefficient (Wildman–Crippen LogP) is 6.56. The van der Waals surface area contributed by atoms with Crippen molar-refractivity contribution in [3.8, 4) is 5.75 Å². The van der Waals surface area contributed by atoms with Crippen molar-refractivity contribution >= 4 is 40.9 Å². The van der Waals surface area contributed by atoms with Gasteiger partial charge in [0.25, 0.3) is 5.91 Å². The second kappa shape index (κ2) is 20.9. The average molecular weight is 777 g/mol. The fourth-order valence-electron chi connectivity index (χ4n) is 7.10. The first-order valence-corrected chi connectivity index (χ1v) is 20.0. The zero-order chi connectivity index (χ0) is 40.1. The minimum absolute atomic E-state index is 0.0668. The van der Waals surface area contributed by atoms with Gasteiger partial charge in [-0.15, -0.1) is 11.3 Å². The lowest BCUT2D eigenvalue weighted by atomic mass is 9.83. The van der Waals surface area contributed by atoms with E-state index in [-0.39, 0.29) is 48.6 Å². The molecule has 1 fully saturated rings. The number of piperidine rings is 1. The first-order chi connectivity index (χ1) is 26.3. The van der Waals surface area contributed by atoms with Crippen molar-refractivity contribution in [2.45, 2.75) is 103 Å². The largest absolute Gasteiger partial charge is 0.497 e. The zero-order valence-electron chi connectivity index (χ0n) is 32.8. The summed E-state index contributed by atoms with van der Waals surface area (Å²) < 4.78 is 11.2. The number of nitrogens with zero attached hydrogens (tertiary/aromatic N) is 2. The highest BCUT2D eigenvalue weighted by Crippen LogP contribution is 2.34. The summed E-state index contributed by atoms with van der Waals surface area (Å²) in [6, 6.07) is 15.4. The first kappa shape index (κ1) is 43.1. The lowest BCUT2D eigenvalue weighted by molar-refractivity contribution is -0.147. The lowest BCUT2D eigenvalue weighted by Crippen LogP contribution is -2.45. The number of methoxy groups -OCH3 is 1. The van der Waals surface area contributed by atoms with Gasteiger partial charge in [-0.2, -0.15) is 0 Å². The number of ether oxygens (including phenoxy) is 2. The van der Waals surface area contributed by atoms with Gasteiger partial charge in [0.2, 0.25) is 5.91 Å². The number of nitrogens with one attached hydrogen (secondary N) is 2. The summed E-state index contributed by atoms with van der Waals surface area (Å²) in [5.74, 6) is -2.88. The molecule has 1 aromatic heterocycles. The molecule has 7 atom stereocenters. The van der Waals surface area contributed by atoms with E-state index in [4.69, 9.17) is 9.47 Å². The molecule has 4 rings (SSSR count). The number of likely N-dealkylation sites (tertiary alicyclic amines) is 1. The van der Waals surface area contributed by atoms with E-state index in [0.29, 0.717) is 23.6 Å². The number of Topliss-reactive ketones (excluding diaryl/α,β-unsaturated/α-hetero) is 1. The van der Waals surface area contributed by atoms with Gasteiger partial charge >= 0.3 is 11.9 Å². The maximum absolute atomic E-state index is 14.2. The van der Waals surface area contributed by atoms with E-state index in [2.05, 4.69) is 20.5 Å². The molecule has 12 nitrogen and oxygen atoms in total. The molecule has 1 aliphatic heterocycles. The molecule has 55 heavy (non-hydrogen) atoms. The number of thiazole rings is 1. The van der Waals surface area contributed by atoms with Gasteiger partial charge in [0, 0.05) is 37.1 Å². The normalized spacial score (nSPS) is 17.8. The van der Waals surface area contributed by atoms with Crippen LogP contribution >= 0.6 is 11.3 Å². The number of carboxylic acid groups (broad SMARTS) is 1. The maximum Gasteiger partial charge on any atom is 0.306 e. The average Bonchev–Trinajstić information content (AvgIpc) is 3.67. The minimum Gasteiger partial charge on any atom is -0.497 e. The van der Waals surface area contributed by atoms with Gasteiger partial charge in [0.15, 0.2) is 11.9 Å². The van der Waals surface area contributed by atoms with Crippen LogP contribution in [-0.4, -0.2) is 77.3 Å². The van der Waals surface area contributed by atoms with Gasteiger partial charge in [-0.3, -0.25) is 28.9 Å². The molecule has 2 heterocycles. The monoisotopic (exact) mass is 776 g/mol. The van der Waals surface area contributed by atoms with Gasteiger partial charge in [0.05, 0.1) is 25.1 Å². The zero-order valence-corrected chi connectivity index (χ0v) is 33.6. The summed E-state index contributed by atoms with van der Waals surface area (Å²) in [5, 5.41) is 17.7. The number of benzene rings is 2. The molecule has 0 spiro atoms. The molecule has 3 N–H and O–H groups in total. The third-order valence-corrected chi connectivity index (χ3v) is 11.5. The lowest BCUT2D eigenvalue weighted by Gasteiger charge is -2.33. The number of likely N-dealkylation sites (N-methyl/N-ethyl adjacent to an activating group) is 1. The van der Waals surface area contributed by atoms with E-state index in [1.807, 2.05) is 63.4 Å². The number of carbonyl (C=O) groups excluding carboxylic acids is 4. The van der Waals surface area contributed by atoms with Crippen LogP contribution in [0.15, 0.2) is 60.0 Å². The van der Waals surface area contributed by atoms with Crippen molar-refractivity contribution in [3.63, 3.8) is 0 Å². The van der Waals surface area contributed by atoms with E-state index in [1.54, 1.807) is 31.5 Å². The predicted molar refractivity (Wildman–Crippen MR) is 211 cm³/mol. The van der Waals surface area contributed by atoms with E-state index >= 15 is 0 Å². The quantitative estimate of drug-likeness (QED) is 0.107. The first-order valence-electron chi connectivity index (χ1n) is 19.2. The van der Waals surface area contributed by atoms with Crippen LogP contribution in [-0.2, 0) is 30.3 Å². The number of esters is 1. The highest BCUT2D eigenvalue weighted by atomic mass is 32.1. The van der Waals surface area contributed by atoms with Gasteiger partial charge in [-0.1, -0.05) is 76.1 Å². The topological polar surface area (TPSA) is 164 Å². The van der Waals surface area contributed by atoms with E-state index < -0.39 is 47.9 Å². The van der Waals surface area contributed by atoms with Gasteiger partial charge in [-0.25, -0.2) is 4.98 Å². The Morgan fingerprint density at radius 2 is 1.71 bits per heavy atom. The smallest absolute Gasteiger partial charge is 0.306 e. The van der Waals surface area contributed by atoms with Gasteiger partial charge in [0.1, 0.15) is 16.5 Å². The summed E-state index contributed by atoms with van der Waals surface area (Å²) in [5.41, 5.74) is 1.79. The summed E-state index contributed by atoms with van der Waals surface area (Å²) in [7, 11) is 3.53. The summed E-state index contributed by atoms with van der Waals surface area (Å²) in [6.07, 6.45) is 3.47. The van der Waals surface area contributed by atoms with Gasteiger partial charge in [-0.05, 0) is 68.5 Å². The fraction of sp³-hybridized carbons (Fsp3) is 0.524. The van der Waals surface area contributed by atoms with Crippen LogP contribution in [0.1, 0.15) is 111 Å². The number of aromatic nitrogens is 1. The van der Waals surface area contributed by atoms with Crippen LogP contribution in [0.25, 0.3) is 0 Å². The van der Waals surface area contributed by atoms with Crippen LogP contribution in [0.2, 0.25) is 0 Å². The summed E-state index contributed by atoms with van der Waals surface area (Å²) >= 11 is 1.15. The van der Waals surface area contributed by atoms with Crippen LogP contribution in [0, 0.1) is 17.8 Å². The molecule has 0 bridgehead atoms. The Labute approximate surface area is 328 Å². The molecule has 0 saturated carbocycles. The Morgan fingerprint density at radius 3 is 2.33 bits per heavy atom. The highest BCUT2D eigenvalue weighted by Gasteiger charge is 2.35. The van der Waals surface area contributed by atoms with Crippen LogP contribution in [0.5, 0.6) is 5.75 Å². The molecule has 13 heteroatoms. The number of amides is 2. The number of carboxylic acids is 1. The summed E-state index contributed by atoms with van der Waals surface area (Å²) in [4.78, 5) is 72.3. The maximum atomic E-state index is 14.2. The van der Waals surface area contributed by atoms with Crippen molar-refractivity contribution in [2.75, 3.05) is 20.7 Å². The number of hydrogen-bond acceptors (Lipinski definition) is 10.